The van der Waals surface area contributed by atoms with Gasteiger partial charge in [0.05, 0.1) is 32.7 Å². The molecule has 140 valence electrons. The largest absolute Gasteiger partial charge is 1.00 e. The van der Waals surface area contributed by atoms with Gasteiger partial charge >= 0.3 is 0 Å². The van der Waals surface area contributed by atoms with Gasteiger partial charge in [0.2, 0.25) is 0 Å². The summed E-state index contributed by atoms with van der Waals surface area (Å²) in [7, 11) is 0. The van der Waals surface area contributed by atoms with Crippen molar-refractivity contribution in [2.75, 3.05) is 32.7 Å². The monoisotopic (exact) mass is 426 g/mol. The molecular formula is C21H32BrClN2. The Morgan fingerprint density at radius 1 is 0.880 bits per heavy atom. The van der Waals surface area contributed by atoms with Crippen molar-refractivity contribution in [3.8, 4) is 0 Å². The van der Waals surface area contributed by atoms with E-state index in [1.807, 2.05) is 24.3 Å². The molecule has 0 saturated carbocycles. The van der Waals surface area contributed by atoms with Gasteiger partial charge in [0, 0.05) is 12.0 Å². The Hall–Kier alpha value is -1.13. The third-order valence-electron chi connectivity index (χ3n) is 4.18. The maximum absolute atomic E-state index is 3.89. The van der Waals surface area contributed by atoms with Crippen molar-refractivity contribution in [1.29, 1.82) is 0 Å². The topological polar surface area (TPSA) is 16.6 Å². The minimum absolute atomic E-state index is 0. The number of rotatable bonds is 8. The van der Waals surface area contributed by atoms with Crippen LogP contribution >= 0.6 is 0 Å². The van der Waals surface area contributed by atoms with Crippen LogP contribution in [0.4, 0.5) is 0 Å². The standard InChI is InChI=1S/C15H20N.C6H11N.BrH.ClH/c1-3-10-16(11-4-2)12-9-14-7-5-6-8-15(14)13-16;1-3-5-7-6-4-2;;/h3-8H,1-2,9-13H2;3-4,7H,1-2,5-6H2;2*1H/q+1;;;/p-1. The van der Waals surface area contributed by atoms with Crippen LogP contribution in [0.25, 0.3) is 0 Å². The Morgan fingerprint density at radius 2 is 1.40 bits per heavy atom. The molecule has 1 aromatic rings. The summed E-state index contributed by atoms with van der Waals surface area (Å²) in [5.41, 5.74) is 3.02. The highest BCUT2D eigenvalue weighted by Gasteiger charge is 2.29. The number of halogens is 2. The summed E-state index contributed by atoms with van der Waals surface area (Å²) in [5.74, 6) is 0. The molecule has 0 spiro atoms. The quantitative estimate of drug-likeness (QED) is 0.257. The van der Waals surface area contributed by atoms with Gasteiger partial charge in [-0.15, -0.1) is 0 Å². The zero-order chi connectivity index (χ0) is 17.0. The van der Waals surface area contributed by atoms with E-state index in [9.17, 15) is 0 Å². The summed E-state index contributed by atoms with van der Waals surface area (Å²) < 4.78 is 1.09. The second-order valence-corrected chi connectivity index (χ2v) is 6.02. The molecule has 4 heteroatoms. The summed E-state index contributed by atoms with van der Waals surface area (Å²) in [4.78, 5) is 0. The van der Waals surface area contributed by atoms with Crippen molar-refractivity contribution < 1.29 is 39.2 Å². The van der Waals surface area contributed by atoms with Gasteiger partial charge in [-0.1, -0.05) is 50.6 Å². The molecule has 0 radical (unpaired) electrons. The minimum Gasteiger partial charge on any atom is -1.00 e. The Labute approximate surface area is 170 Å². The lowest BCUT2D eigenvalue weighted by Gasteiger charge is -2.40. The van der Waals surface area contributed by atoms with Crippen molar-refractivity contribution in [3.05, 3.63) is 86.0 Å². The number of hydrogen-bond acceptors (Lipinski definition) is 0. The van der Waals surface area contributed by atoms with Gasteiger partial charge in [-0.05, 0) is 29.9 Å². The average Bonchev–Trinajstić information content (AvgIpc) is 2.56. The van der Waals surface area contributed by atoms with E-state index >= 15 is 0 Å². The number of fused-ring (bicyclic) bond motifs is 1. The van der Waals surface area contributed by atoms with Crippen LogP contribution in [0.5, 0.6) is 0 Å². The van der Waals surface area contributed by atoms with E-state index in [0.717, 1.165) is 37.2 Å². The van der Waals surface area contributed by atoms with Crippen molar-refractivity contribution in [2.24, 2.45) is 0 Å². The molecule has 0 saturated heterocycles. The Balaban J connectivity index is 0. The van der Waals surface area contributed by atoms with Gasteiger partial charge in [0.25, 0.3) is 0 Å². The lowest BCUT2D eigenvalue weighted by atomic mass is 9.97. The average molecular weight is 428 g/mol. The molecule has 0 fully saturated rings. The van der Waals surface area contributed by atoms with Crippen LogP contribution in [0, 0.1) is 0 Å². The first kappa shape index (κ1) is 26.1. The van der Waals surface area contributed by atoms with Gasteiger partial charge in [0.1, 0.15) is 6.54 Å². The van der Waals surface area contributed by atoms with E-state index in [2.05, 4.69) is 55.9 Å². The van der Waals surface area contributed by atoms with Gasteiger partial charge in [0.15, 0.2) is 0 Å². The van der Waals surface area contributed by atoms with Crippen molar-refractivity contribution in [3.63, 3.8) is 0 Å². The third kappa shape index (κ3) is 9.22. The molecule has 1 aliphatic rings. The molecule has 25 heavy (non-hydrogen) atoms. The van der Waals surface area contributed by atoms with E-state index in [1.165, 1.54) is 24.1 Å². The van der Waals surface area contributed by atoms with Gasteiger partial charge < -0.3 is 39.2 Å². The fraction of sp³-hybridized carbons (Fsp3) is 0.333. The Bertz CT molecular complexity index is 510. The maximum Gasteiger partial charge on any atom is 0.105 e. The van der Waals surface area contributed by atoms with Gasteiger partial charge in [-0.25, -0.2) is 0 Å². The first-order valence-corrected chi connectivity index (χ1v) is 8.38. The Morgan fingerprint density at radius 3 is 1.88 bits per heavy atom. The molecule has 2 nitrogen and oxygen atoms in total. The fourth-order valence-electron chi connectivity index (χ4n) is 3.02. The van der Waals surface area contributed by atoms with Crippen LogP contribution in [-0.2, 0) is 13.0 Å². The molecule has 1 aliphatic heterocycles. The second kappa shape index (κ2) is 15.2. The molecule has 0 atom stereocenters. The minimum atomic E-state index is 0. The number of hydrogen-bond donors (Lipinski definition) is 1. The molecule has 2 N–H and O–H groups in total. The van der Waals surface area contributed by atoms with E-state index in [1.54, 1.807) is 0 Å². The van der Waals surface area contributed by atoms with Gasteiger partial charge in [-0.3, -0.25) is 0 Å². The van der Waals surface area contributed by atoms with Crippen LogP contribution < -0.4 is 34.7 Å². The van der Waals surface area contributed by atoms with Crippen LogP contribution in [0.15, 0.2) is 74.9 Å². The van der Waals surface area contributed by atoms with Crippen LogP contribution in [-0.4, -0.2) is 37.2 Å². The Kier molecular flexibility index (Phi) is 15.8. The number of nitrogens with two attached hydrogens (primary N) is 1. The lowest BCUT2D eigenvalue weighted by Crippen LogP contribution is -3.00. The van der Waals surface area contributed by atoms with E-state index < -0.39 is 0 Å². The predicted molar refractivity (Wildman–Crippen MR) is 101 cm³/mol. The molecule has 0 unspecified atom stereocenters. The molecule has 1 aromatic carbocycles. The molecule has 2 rings (SSSR count). The fourth-order valence-corrected chi connectivity index (χ4v) is 3.02. The highest BCUT2D eigenvalue weighted by molar-refractivity contribution is 5.27. The summed E-state index contributed by atoms with van der Waals surface area (Å²) in [5, 5.41) is 2.12. The SMILES string of the molecule is C=CC[N+]1(CC=C)CCc2ccccc2C1.C=CC[NH2+]CC=C.[Br-].[Cl-]. The predicted octanol–water partition coefficient (Wildman–Crippen LogP) is -3.14. The second-order valence-electron chi connectivity index (χ2n) is 6.02. The van der Waals surface area contributed by atoms with Crippen molar-refractivity contribution >= 4 is 0 Å². The van der Waals surface area contributed by atoms with Crippen LogP contribution in [0.1, 0.15) is 11.1 Å². The highest BCUT2D eigenvalue weighted by Crippen LogP contribution is 2.25. The number of quaternary nitrogens is 2. The zero-order valence-corrected chi connectivity index (χ0v) is 17.5. The van der Waals surface area contributed by atoms with Crippen molar-refractivity contribution in [1.82, 2.24) is 0 Å². The van der Waals surface area contributed by atoms with Crippen LogP contribution in [0.3, 0.4) is 0 Å². The smallest absolute Gasteiger partial charge is 0.105 e. The number of benzene rings is 1. The molecule has 0 aliphatic carbocycles. The molecular weight excluding hydrogens is 396 g/mol. The van der Waals surface area contributed by atoms with E-state index in [0.29, 0.717) is 0 Å². The van der Waals surface area contributed by atoms with Crippen LogP contribution in [0.2, 0.25) is 0 Å². The molecule has 1 heterocycles. The maximum atomic E-state index is 3.89. The van der Waals surface area contributed by atoms with E-state index in [4.69, 9.17) is 0 Å². The summed E-state index contributed by atoms with van der Waals surface area (Å²) >= 11 is 0. The van der Waals surface area contributed by atoms with E-state index in [-0.39, 0.29) is 29.4 Å². The summed E-state index contributed by atoms with van der Waals surface area (Å²) in [6, 6.07) is 8.79. The normalized spacial score (nSPS) is 13.4. The molecule has 0 bridgehead atoms. The lowest BCUT2D eigenvalue weighted by molar-refractivity contribution is -0.932. The zero-order valence-electron chi connectivity index (χ0n) is 15.2. The van der Waals surface area contributed by atoms with Gasteiger partial charge in [-0.2, -0.15) is 0 Å². The number of nitrogens with zero attached hydrogens (tertiary/aromatic N) is 1. The molecule has 0 amide bonds. The molecule has 0 aromatic heterocycles. The summed E-state index contributed by atoms with van der Waals surface area (Å²) in [6.07, 6.45) is 9.01. The van der Waals surface area contributed by atoms with Crippen molar-refractivity contribution in [2.45, 2.75) is 13.0 Å². The first-order chi connectivity index (χ1) is 11.2. The first-order valence-electron chi connectivity index (χ1n) is 8.38. The third-order valence-corrected chi connectivity index (χ3v) is 4.18. The summed E-state index contributed by atoms with van der Waals surface area (Å²) in [6.45, 7) is 21.3. The highest BCUT2D eigenvalue weighted by atomic mass is 79.9.